The van der Waals surface area contributed by atoms with Gasteiger partial charge >= 0.3 is 0 Å². The molecule has 0 bridgehead atoms. The minimum absolute atomic E-state index is 0.967. The Morgan fingerprint density at radius 1 is 1.46 bits per heavy atom. The molecule has 0 radical (unpaired) electrons. The predicted octanol–water partition coefficient (Wildman–Crippen LogP) is 1.84. The number of hydrogen-bond acceptors (Lipinski definition) is 2. The molecule has 0 N–H and O–H groups in total. The molecule has 2 aromatic heterocycles. The van der Waals surface area contributed by atoms with Crippen molar-refractivity contribution in [3.63, 3.8) is 0 Å². The van der Waals surface area contributed by atoms with E-state index in [0.29, 0.717) is 0 Å². The van der Waals surface area contributed by atoms with E-state index >= 15 is 0 Å². The Labute approximate surface area is 77.4 Å². The van der Waals surface area contributed by atoms with Gasteiger partial charge in [0.25, 0.3) is 0 Å². The highest BCUT2D eigenvalue weighted by molar-refractivity contribution is 5.75. The highest BCUT2D eigenvalue weighted by Crippen LogP contribution is 2.15. The van der Waals surface area contributed by atoms with Crippen molar-refractivity contribution in [2.75, 3.05) is 0 Å². The average Bonchev–Trinajstić information content (AvgIpc) is 2.47. The van der Waals surface area contributed by atoms with E-state index in [1.807, 2.05) is 24.9 Å². The van der Waals surface area contributed by atoms with Crippen LogP contribution in [0.2, 0.25) is 0 Å². The van der Waals surface area contributed by atoms with E-state index in [9.17, 15) is 0 Å². The van der Waals surface area contributed by atoms with Gasteiger partial charge in [0.2, 0.25) is 0 Å². The van der Waals surface area contributed by atoms with Gasteiger partial charge in [-0.15, -0.1) is 0 Å². The lowest BCUT2D eigenvalue weighted by Crippen LogP contribution is -1.95. The molecule has 2 aromatic rings. The van der Waals surface area contributed by atoms with Gasteiger partial charge in [0.15, 0.2) is 5.65 Å². The van der Waals surface area contributed by atoms with Crippen LogP contribution in [0.5, 0.6) is 0 Å². The van der Waals surface area contributed by atoms with Crippen LogP contribution in [0.15, 0.2) is 12.3 Å². The van der Waals surface area contributed by atoms with Crippen LogP contribution >= 0.6 is 0 Å². The molecule has 13 heavy (non-hydrogen) atoms. The second kappa shape index (κ2) is 2.83. The first-order valence-corrected chi connectivity index (χ1v) is 4.50. The lowest BCUT2D eigenvalue weighted by molar-refractivity contribution is 0.784. The van der Waals surface area contributed by atoms with Gasteiger partial charge in [-0.05, 0) is 25.0 Å². The molecule has 0 saturated carbocycles. The van der Waals surface area contributed by atoms with E-state index in [-0.39, 0.29) is 0 Å². The summed E-state index contributed by atoms with van der Waals surface area (Å²) in [4.78, 5) is 4.51. The van der Waals surface area contributed by atoms with E-state index in [0.717, 1.165) is 23.1 Å². The zero-order chi connectivity index (χ0) is 9.42. The van der Waals surface area contributed by atoms with Crippen LogP contribution in [0.3, 0.4) is 0 Å². The second-order valence-electron chi connectivity index (χ2n) is 3.27. The van der Waals surface area contributed by atoms with Crippen molar-refractivity contribution in [2.24, 2.45) is 7.05 Å². The molecule has 0 aliphatic carbocycles. The summed E-state index contributed by atoms with van der Waals surface area (Å²) in [6.45, 7) is 4.19. The van der Waals surface area contributed by atoms with Gasteiger partial charge < -0.3 is 0 Å². The Morgan fingerprint density at radius 3 is 2.92 bits per heavy atom. The number of aromatic nitrogens is 3. The Hall–Kier alpha value is -1.38. The molecule has 0 aromatic carbocycles. The lowest BCUT2D eigenvalue weighted by atomic mass is 10.1. The van der Waals surface area contributed by atoms with Crippen molar-refractivity contribution in [1.29, 1.82) is 0 Å². The summed E-state index contributed by atoms with van der Waals surface area (Å²) in [5.41, 5.74) is 3.38. The first-order valence-electron chi connectivity index (χ1n) is 4.50. The Balaban J connectivity index is 2.76. The third-order valence-electron chi connectivity index (χ3n) is 2.38. The molecule has 0 amide bonds. The number of aryl methyl sites for hydroxylation is 3. The molecule has 68 valence electrons. The quantitative estimate of drug-likeness (QED) is 0.662. The summed E-state index contributed by atoms with van der Waals surface area (Å²) in [7, 11) is 1.92. The van der Waals surface area contributed by atoms with Crippen molar-refractivity contribution in [3.8, 4) is 0 Å². The maximum absolute atomic E-state index is 4.51. The summed E-state index contributed by atoms with van der Waals surface area (Å²) in [6.07, 6.45) is 2.89. The summed E-state index contributed by atoms with van der Waals surface area (Å²) < 4.78 is 1.81. The molecule has 0 aliphatic heterocycles. The molecule has 0 fully saturated rings. The average molecular weight is 175 g/mol. The molecule has 0 unspecified atom stereocenters. The summed E-state index contributed by atoms with van der Waals surface area (Å²) in [5.74, 6) is 0. The van der Waals surface area contributed by atoms with Crippen molar-refractivity contribution in [1.82, 2.24) is 14.8 Å². The van der Waals surface area contributed by atoms with E-state index < -0.39 is 0 Å². The Bertz CT molecular complexity index is 443. The zero-order valence-electron chi connectivity index (χ0n) is 8.20. The van der Waals surface area contributed by atoms with Crippen molar-refractivity contribution < 1.29 is 0 Å². The van der Waals surface area contributed by atoms with Gasteiger partial charge in [0.05, 0.1) is 6.20 Å². The van der Waals surface area contributed by atoms with Crippen molar-refractivity contribution in [3.05, 3.63) is 23.5 Å². The van der Waals surface area contributed by atoms with Crippen LogP contribution in [0.1, 0.15) is 18.2 Å². The molecular weight excluding hydrogens is 162 g/mol. The minimum Gasteiger partial charge on any atom is -0.250 e. The highest BCUT2D eigenvalue weighted by atomic mass is 15.3. The van der Waals surface area contributed by atoms with Gasteiger partial charge in [-0.1, -0.05) is 6.92 Å². The predicted molar refractivity (Wildman–Crippen MR) is 52.6 cm³/mol. The summed E-state index contributed by atoms with van der Waals surface area (Å²) in [6, 6.07) is 2.17. The zero-order valence-corrected chi connectivity index (χ0v) is 8.20. The van der Waals surface area contributed by atoms with Crippen molar-refractivity contribution >= 4 is 11.0 Å². The topological polar surface area (TPSA) is 30.7 Å². The number of pyridine rings is 1. The standard InChI is InChI=1S/C10H13N3/c1-4-8-5-9-6-11-13(3)10(9)12-7(8)2/h5-6H,4H2,1-3H3. The summed E-state index contributed by atoms with van der Waals surface area (Å²) in [5, 5.41) is 5.30. The smallest absolute Gasteiger partial charge is 0.157 e. The molecule has 2 heterocycles. The van der Waals surface area contributed by atoms with Gasteiger partial charge in [-0.25, -0.2) is 4.98 Å². The fraction of sp³-hybridized carbons (Fsp3) is 0.400. The number of fused-ring (bicyclic) bond motifs is 1. The third kappa shape index (κ3) is 1.20. The summed E-state index contributed by atoms with van der Waals surface area (Å²) >= 11 is 0. The molecule has 0 atom stereocenters. The highest BCUT2D eigenvalue weighted by Gasteiger charge is 2.04. The monoisotopic (exact) mass is 175 g/mol. The van der Waals surface area contributed by atoms with E-state index in [4.69, 9.17) is 0 Å². The van der Waals surface area contributed by atoms with Crippen molar-refractivity contribution in [2.45, 2.75) is 20.3 Å². The maximum atomic E-state index is 4.51. The number of rotatable bonds is 1. The molecule has 0 aliphatic rings. The molecule has 3 heteroatoms. The molecule has 3 nitrogen and oxygen atoms in total. The first-order chi connectivity index (χ1) is 6.22. The molecule has 0 saturated heterocycles. The lowest BCUT2D eigenvalue weighted by Gasteiger charge is -2.02. The van der Waals surface area contributed by atoms with E-state index in [1.165, 1.54) is 5.56 Å². The van der Waals surface area contributed by atoms with E-state index in [1.54, 1.807) is 0 Å². The number of nitrogens with zero attached hydrogens (tertiary/aromatic N) is 3. The maximum Gasteiger partial charge on any atom is 0.157 e. The Morgan fingerprint density at radius 2 is 2.23 bits per heavy atom. The number of hydrogen-bond donors (Lipinski definition) is 0. The van der Waals surface area contributed by atoms with Crippen LogP contribution < -0.4 is 0 Å². The fourth-order valence-electron chi connectivity index (χ4n) is 1.57. The van der Waals surface area contributed by atoms with Gasteiger partial charge in [0.1, 0.15) is 0 Å². The molecule has 0 spiro atoms. The van der Waals surface area contributed by atoms with Gasteiger partial charge in [-0.2, -0.15) is 5.10 Å². The molecular formula is C10H13N3. The van der Waals surface area contributed by atoms with Crippen LogP contribution in [0.4, 0.5) is 0 Å². The van der Waals surface area contributed by atoms with Crippen LogP contribution in [0, 0.1) is 6.92 Å². The van der Waals surface area contributed by atoms with Gasteiger partial charge in [0, 0.05) is 18.1 Å². The molecule has 2 rings (SSSR count). The van der Waals surface area contributed by atoms with E-state index in [2.05, 4.69) is 23.1 Å². The van der Waals surface area contributed by atoms with Crippen LogP contribution in [-0.4, -0.2) is 14.8 Å². The van der Waals surface area contributed by atoms with Crippen LogP contribution in [0.25, 0.3) is 11.0 Å². The normalized spacial score (nSPS) is 11.0. The van der Waals surface area contributed by atoms with Gasteiger partial charge in [-0.3, -0.25) is 4.68 Å². The Kier molecular flexibility index (Phi) is 1.79. The fourth-order valence-corrected chi connectivity index (χ4v) is 1.57. The minimum atomic E-state index is 0.967. The van der Waals surface area contributed by atoms with Crippen LogP contribution in [-0.2, 0) is 13.5 Å². The third-order valence-corrected chi connectivity index (χ3v) is 2.38. The second-order valence-corrected chi connectivity index (χ2v) is 3.27. The largest absolute Gasteiger partial charge is 0.250 e. The SMILES string of the molecule is CCc1cc2cnn(C)c2nc1C. The first kappa shape index (κ1) is 8.23.